The maximum absolute atomic E-state index is 12.1. The van der Waals surface area contributed by atoms with Crippen molar-refractivity contribution < 1.29 is 4.79 Å². The first-order chi connectivity index (χ1) is 12.6. The van der Waals surface area contributed by atoms with E-state index in [1.165, 1.54) is 6.33 Å². The number of Topliss-reactive ketones (excluding diaryl/α,β-unsaturated/α-hetero) is 1. The van der Waals surface area contributed by atoms with Crippen molar-refractivity contribution in [1.29, 1.82) is 0 Å². The highest BCUT2D eigenvalue weighted by atomic mass is 16.1. The lowest BCUT2D eigenvalue weighted by molar-refractivity contribution is -0.119. The van der Waals surface area contributed by atoms with Crippen LogP contribution in [0.1, 0.15) is 26.7 Å². The Bertz CT molecular complexity index is 874. The van der Waals surface area contributed by atoms with Gasteiger partial charge in [-0.1, -0.05) is 6.92 Å². The average molecular weight is 350 g/mol. The van der Waals surface area contributed by atoms with Crippen LogP contribution in [0.5, 0.6) is 0 Å². The standard InChI is InChI=1S/C19H22N6O/c1-3-5-17(26)15-8-12(2)16(10-22-15)25-19-13(6-4-7-21-19)14-9-18(20)24-11-23-14/h4,6-11,15,22H,3,5H2,1-2H3,(H,21,25)(H2,20,23,24). The lowest BCUT2D eigenvalue weighted by Crippen LogP contribution is -2.35. The summed E-state index contributed by atoms with van der Waals surface area (Å²) in [6, 6.07) is 5.19. The molecule has 0 aliphatic carbocycles. The van der Waals surface area contributed by atoms with E-state index in [0.717, 1.165) is 23.3 Å². The molecule has 0 aromatic carbocycles. The summed E-state index contributed by atoms with van der Waals surface area (Å²) in [5, 5.41) is 6.46. The number of ketones is 1. The van der Waals surface area contributed by atoms with Crippen LogP contribution in [-0.2, 0) is 4.79 Å². The first kappa shape index (κ1) is 17.6. The molecule has 1 aliphatic heterocycles. The molecule has 2 aromatic rings. The van der Waals surface area contributed by atoms with Crippen LogP contribution < -0.4 is 16.4 Å². The van der Waals surface area contributed by atoms with Crippen molar-refractivity contribution in [2.45, 2.75) is 32.7 Å². The molecule has 1 atom stereocenters. The summed E-state index contributed by atoms with van der Waals surface area (Å²) >= 11 is 0. The second kappa shape index (κ2) is 7.77. The van der Waals surface area contributed by atoms with Gasteiger partial charge < -0.3 is 16.4 Å². The molecule has 7 heteroatoms. The third kappa shape index (κ3) is 3.88. The Labute approximate surface area is 152 Å². The topological polar surface area (TPSA) is 106 Å². The molecular weight excluding hydrogens is 328 g/mol. The van der Waals surface area contributed by atoms with Crippen LogP contribution in [0.4, 0.5) is 11.6 Å². The second-order valence-corrected chi connectivity index (χ2v) is 6.12. The number of carbonyl (C=O) groups excluding carboxylic acids is 1. The number of nitrogen functional groups attached to an aromatic ring is 1. The monoisotopic (exact) mass is 350 g/mol. The highest BCUT2D eigenvalue weighted by Gasteiger charge is 2.19. The van der Waals surface area contributed by atoms with Gasteiger partial charge in [-0.05, 0) is 37.1 Å². The van der Waals surface area contributed by atoms with Gasteiger partial charge in [-0.3, -0.25) is 4.79 Å². The van der Waals surface area contributed by atoms with Crippen LogP contribution >= 0.6 is 0 Å². The highest BCUT2D eigenvalue weighted by Crippen LogP contribution is 2.27. The number of hydrogen-bond donors (Lipinski definition) is 3. The van der Waals surface area contributed by atoms with Crippen LogP contribution in [0, 0.1) is 0 Å². The Morgan fingerprint density at radius 2 is 2.19 bits per heavy atom. The molecule has 0 bridgehead atoms. The number of carbonyl (C=O) groups is 1. The van der Waals surface area contributed by atoms with E-state index in [1.54, 1.807) is 12.3 Å². The predicted octanol–water partition coefficient (Wildman–Crippen LogP) is 2.66. The number of rotatable bonds is 6. The van der Waals surface area contributed by atoms with E-state index in [9.17, 15) is 4.79 Å². The van der Waals surface area contributed by atoms with Crippen LogP contribution in [-0.4, -0.2) is 26.8 Å². The number of aromatic nitrogens is 3. The number of nitrogens with one attached hydrogen (secondary N) is 2. The summed E-state index contributed by atoms with van der Waals surface area (Å²) in [7, 11) is 0. The third-order valence-corrected chi connectivity index (χ3v) is 4.12. The Morgan fingerprint density at radius 1 is 1.35 bits per heavy atom. The molecule has 26 heavy (non-hydrogen) atoms. The van der Waals surface area contributed by atoms with Crippen molar-refractivity contribution in [3.05, 3.63) is 54.3 Å². The van der Waals surface area contributed by atoms with Crippen molar-refractivity contribution in [2.24, 2.45) is 0 Å². The molecule has 0 radical (unpaired) electrons. The zero-order valence-corrected chi connectivity index (χ0v) is 14.9. The predicted molar refractivity (Wildman–Crippen MR) is 102 cm³/mol. The number of allylic oxidation sites excluding steroid dienone is 1. The van der Waals surface area contributed by atoms with E-state index >= 15 is 0 Å². The van der Waals surface area contributed by atoms with Crippen LogP contribution in [0.25, 0.3) is 11.3 Å². The largest absolute Gasteiger partial charge is 0.384 e. The molecule has 0 saturated carbocycles. The zero-order chi connectivity index (χ0) is 18.5. The smallest absolute Gasteiger partial charge is 0.158 e. The Morgan fingerprint density at radius 3 is 2.92 bits per heavy atom. The summed E-state index contributed by atoms with van der Waals surface area (Å²) in [6.07, 6.45) is 8.30. The second-order valence-electron chi connectivity index (χ2n) is 6.12. The van der Waals surface area contributed by atoms with Gasteiger partial charge in [0.1, 0.15) is 24.0 Å². The van der Waals surface area contributed by atoms with Crippen molar-refractivity contribution in [1.82, 2.24) is 20.3 Å². The van der Waals surface area contributed by atoms with Crippen LogP contribution in [0.3, 0.4) is 0 Å². The minimum absolute atomic E-state index is 0.192. The number of nitrogens with two attached hydrogens (primary N) is 1. The van der Waals surface area contributed by atoms with Crippen LogP contribution in [0.2, 0.25) is 0 Å². The van der Waals surface area contributed by atoms with Gasteiger partial charge in [-0.2, -0.15) is 0 Å². The average Bonchev–Trinajstić information content (AvgIpc) is 2.64. The van der Waals surface area contributed by atoms with Gasteiger partial charge in [0.25, 0.3) is 0 Å². The fourth-order valence-corrected chi connectivity index (χ4v) is 2.76. The van der Waals surface area contributed by atoms with Gasteiger partial charge >= 0.3 is 0 Å². The number of anilines is 2. The Balaban J connectivity index is 1.83. The minimum atomic E-state index is -0.273. The summed E-state index contributed by atoms with van der Waals surface area (Å²) in [6.45, 7) is 3.97. The SMILES string of the molecule is CCCC(=O)C1C=C(C)C(Nc2ncccc2-c2cc(N)ncn2)=CN1. The van der Waals surface area contributed by atoms with E-state index in [4.69, 9.17) is 5.73 Å². The Kier molecular flexibility index (Phi) is 5.26. The summed E-state index contributed by atoms with van der Waals surface area (Å²) in [5.74, 6) is 1.25. The molecule has 134 valence electrons. The fraction of sp³-hybridized carbons (Fsp3) is 0.263. The summed E-state index contributed by atoms with van der Waals surface area (Å²) in [4.78, 5) is 24.7. The lowest BCUT2D eigenvalue weighted by atomic mass is 10.0. The van der Waals surface area contributed by atoms with Crippen molar-refractivity contribution in [3.63, 3.8) is 0 Å². The number of dihydropyridines is 1. The summed E-state index contributed by atoms with van der Waals surface area (Å²) in [5.41, 5.74) is 9.11. The molecule has 3 heterocycles. The fourth-order valence-electron chi connectivity index (χ4n) is 2.76. The molecular formula is C19H22N6O. The zero-order valence-electron chi connectivity index (χ0n) is 14.9. The van der Waals surface area contributed by atoms with Gasteiger partial charge in [0, 0.05) is 30.4 Å². The van der Waals surface area contributed by atoms with Gasteiger partial charge in [0.2, 0.25) is 0 Å². The molecule has 0 spiro atoms. The van der Waals surface area contributed by atoms with E-state index in [0.29, 0.717) is 23.8 Å². The van der Waals surface area contributed by atoms with E-state index in [-0.39, 0.29) is 11.8 Å². The van der Waals surface area contributed by atoms with Gasteiger partial charge in [-0.25, -0.2) is 15.0 Å². The molecule has 4 N–H and O–H groups in total. The molecule has 1 aliphatic rings. The first-order valence-electron chi connectivity index (χ1n) is 8.56. The van der Waals surface area contributed by atoms with Crippen LogP contribution in [0.15, 0.2) is 54.3 Å². The summed E-state index contributed by atoms with van der Waals surface area (Å²) < 4.78 is 0. The third-order valence-electron chi connectivity index (χ3n) is 4.12. The van der Waals surface area contributed by atoms with Crippen molar-refractivity contribution in [3.8, 4) is 11.3 Å². The maximum atomic E-state index is 12.1. The highest BCUT2D eigenvalue weighted by molar-refractivity contribution is 5.87. The van der Waals surface area contributed by atoms with Gasteiger partial charge in [0.05, 0.1) is 11.4 Å². The molecule has 2 aromatic heterocycles. The van der Waals surface area contributed by atoms with Gasteiger partial charge in [-0.15, -0.1) is 0 Å². The molecule has 1 unspecified atom stereocenters. The van der Waals surface area contributed by atoms with E-state index in [2.05, 4.69) is 25.6 Å². The quantitative estimate of drug-likeness (QED) is 0.735. The Hall–Kier alpha value is -3.22. The van der Waals surface area contributed by atoms with Gasteiger partial charge in [0.15, 0.2) is 5.78 Å². The molecule has 0 saturated heterocycles. The van der Waals surface area contributed by atoms with E-state index < -0.39 is 0 Å². The maximum Gasteiger partial charge on any atom is 0.158 e. The molecule has 0 fully saturated rings. The number of hydrogen-bond acceptors (Lipinski definition) is 7. The number of pyridine rings is 1. The normalized spacial score (nSPS) is 16.3. The molecule has 7 nitrogen and oxygen atoms in total. The lowest BCUT2D eigenvalue weighted by Gasteiger charge is -2.22. The molecule has 3 rings (SSSR count). The first-order valence-corrected chi connectivity index (χ1v) is 8.56. The number of nitrogens with zero attached hydrogens (tertiary/aromatic N) is 3. The molecule has 0 amide bonds. The van der Waals surface area contributed by atoms with Crippen molar-refractivity contribution >= 4 is 17.4 Å². The van der Waals surface area contributed by atoms with Crippen molar-refractivity contribution in [2.75, 3.05) is 11.1 Å². The minimum Gasteiger partial charge on any atom is -0.384 e. The van der Waals surface area contributed by atoms with E-state index in [1.807, 2.05) is 38.3 Å².